The lowest BCUT2D eigenvalue weighted by Crippen LogP contribution is -1.81. The molecule has 3 heteroatoms. The molecule has 0 unspecified atom stereocenters. The first-order valence-corrected chi connectivity index (χ1v) is 8.00. The zero-order chi connectivity index (χ0) is 14.4. The van der Waals surface area contributed by atoms with E-state index in [0.717, 1.165) is 34.8 Å². The topological polar surface area (TPSA) is 28.7 Å². The maximum atomic E-state index is 4.56. The van der Waals surface area contributed by atoms with Crippen LogP contribution in [-0.2, 0) is 0 Å². The Bertz CT molecular complexity index is 586. The molecule has 1 heterocycles. The number of thioether (sulfide) groups is 1. The molecular weight excluding hydrogens is 264 g/mol. The number of hydrogen-bond acceptors (Lipinski definition) is 2. The second-order valence-electron chi connectivity index (χ2n) is 5.24. The number of allylic oxidation sites excluding steroid dienone is 3. The number of hydrogen-bond donors (Lipinski definition) is 1. The number of para-hydroxylation sites is 2. The summed E-state index contributed by atoms with van der Waals surface area (Å²) in [5, 5.41) is 1.000. The number of aromatic amines is 1. The van der Waals surface area contributed by atoms with Gasteiger partial charge in [0, 0.05) is 5.75 Å². The molecule has 0 aliphatic heterocycles. The Hall–Kier alpha value is -1.48. The van der Waals surface area contributed by atoms with Crippen LogP contribution in [0.3, 0.4) is 0 Å². The maximum absolute atomic E-state index is 4.56. The fraction of sp³-hybridized carbons (Fsp3) is 0.353. The minimum absolute atomic E-state index is 0.973. The van der Waals surface area contributed by atoms with Gasteiger partial charge in [-0.25, -0.2) is 4.98 Å². The van der Waals surface area contributed by atoms with E-state index in [0.29, 0.717) is 0 Å². The van der Waals surface area contributed by atoms with Crippen LogP contribution in [0.5, 0.6) is 0 Å². The predicted molar refractivity (Wildman–Crippen MR) is 89.2 cm³/mol. The molecule has 0 saturated carbocycles. The number of fused-ring (bicyclic) bond motifs is 1. The van der Waals surface area contributed by atoms with E-state index in [-0.39, 0.29) is 0 Å². The Morgan fingerprint density at radius 2 is 2.00 bits per heavy atom. The van der Waals surface area contributed by atoms with E-state index < -0.39 is 0 Å². The van der Waals surface area contributed by atoms with Crippen molar-refractivity contribution in [2.45, 2.75) is 38.8 Å². The molecule has 2 nitrogen and oxygen atoms in total. The number of nitrogens with zero attached hydrogens (tertiary/aromatic N) is 1. The van der Waals surface area contributed by atoms with E-state index in [1.807, 2.05) is 18.2 Å². The number of imidazole rings is 1. The van der Waals surface area contributed by atoms with Gasteiger partial charge in [0.25, 0.3) is 0 Å². The van der Waals surface area contributed by atoms with Gasteiger partial charge in [0.1, 0.15) is 0 Å². The fourth-order valence-corrected chi connectivity index (χ4v) is 2.82. The molecular formula is C17H22N2S. The molecule has 1 aromatic heterocycles. The summed E-state index contributed by atoms with van der Waals surface area (Å²) < 4.78 is 0. The van der Waals surface area contributed by atoms with E-state index >= 15 is 0 Å². The number of aromatic nitrogens is 2. The molecule has 1 aromatic carbocycles. The van der Waals surface area contributed by atoms with Crippen molar-refractivity contribution < 1.29 is 0 Å². The normalized spacial score (nSPS) is 11.8. The van der Waals surface area contributed by atoms with Crippen molar-refractivity contribution in [2.24, 2.45) is 0 Å². The number of rotatable bonds is 6. The Labute approximate surface area is 125 Å². The summed E-state index contributed by atoms with van der Waals surface area (Å²) in [4.78, 5) is 7.90. The van der Waals surface area contributed by atoms with Crippen LogP contribution in [0.1, 0.15) is 33.6 Å². The lowest BCUT2D eigenvalue weighted by atomic mass is 10.1. The average Bonchev–Trinajstić information content (AvgIpc) is 2.80. The average molecular weight is 286 g/mol. The van der Waals surface area contributed by atoms with Gasteiger partial charge < -0.3 is 4.98 Å². The monoisotopic (exact) mass is 286 g/mol. The highest BCUT2D eigenvalue weighted by molar-refractivity contribution is 7.99. The van der Waals surface area contributed by atoms with Gasteiger partial charge in [-0.1, -0.05) is 47.2 Å². The summed E-state index contributed by atoms with van der Waals surface area (Å²) in [5.74, 6) is 0.973. The van der Waals surface area contributed by atoms with Crippen molar-refractivity contribution in [1.82, 2.24) is 9.97 Å². The van der Waals surface area contributed by atoms with Crippen molar-refractivity contribution >= 4 is 22.8 Å². The SMILES string of the molecule is CC(C)=CCC/C(C)=C/CSc1nc2ccccc2[nH]1. The van der Waals surface area contributed by atoms with Gasteiger partial charge in [-0.3, -0.25) is 0 Å². The van der Waals surface area contributed by atoms with E-state index in [1.165, 1.54) is 11.1 Å². The largest absolute Gasteiger partial charge is 0.333 e. The smallest absolute Gasteiger partial charge is 0.166 e. The summed E-state index contributed by atoms with van der Waals surface area (Å²) in [5.41, 5.74) is 5.00. The second-order valence-corrected chi connectivity index (χ2v) is 6.25. The molecule has 1 N–H and O–H groups in total. The molecule has 2 rings (SSSR count). The van der Waals surface area contributed by atoms with Crippen LogP contribution >= 0.6 is 11.8 Å². The van der Waals surface area contributed by atoms with E-state index in [4.69, 9.17) is 0 Å². The number of H-pyrrole nitrogens is 1. The quantitative estimate of drug-likeness (QED) is 0.573. The zero-order valence-corrected chi connectivity index (χ0v) is 13.3. The molecule has 0 aliphatic rings. The highest BCUT2D eigenvalue weighted by Crippen LogP contribution is 2.20. The third-order valence-electron chi connectivity index (χ3n) is 3.11. The van der Waals surface area contributed by atoms with E-state index in [2.05, 4.69) is 49.0 Å². The first-order chi connectivity index (χ1) is 9.65. The van der Waals surface area contributed by atoms with Crippen molar-refractivity contribution in [1.29, 1.82) is 0 Å². The van der Waals surface area contributed by atoms with Gasteiger partial charge in [0.2, 0.25) is 0 Å². The Morgan fingerprint density at radius 3 is 2.75 bits per heavy atom. The second kappa shape index (κ2) is 7.34. The highest BCUT2D eigenvalue weighted by Gasteiger charge is 2.01. The molecule has 0 atom stereocenters. The Balaban J connectivity index is 1.84. The first kappa shape index (κ1) is 14.9. The molecule has 0 aliphatic carbocycles. The third kappa shape index (κ3) is 4.57. The standard InChI is InChI=1S/C17H22N2S/c1-13(2)7-6-8-14(3)11-12-20-17-18-15-9-4-5-10-16(15)19-17/h4-5,7,9-11H,6,8,12H2,1-3H3,(H,18,19)/b14-11+. The van der Waals surface area contributed by atoms with Crippen molar-refractivity contribution in [2.75, 3.05) is 5.75 Å². The lowest BCUT2D eigenvalue weighted by molar-refractivity contribution is 0.964. The van der Waals surface area contributed by atoms with Gasteiger partial charge in [0.15, 0.2) is 5.16 Å². The predicted octanol–water partition coefficient (Wildman–Crippen LogP) is 5.35. The summed E-state index contributed by atoms with van der Waals surface area (Å²) in [6, 6.07) is 8.15. The van der Waals surface area contributed by atoms with Gasteiger partial charge in [-0.05, 0) is 45.7 Å². The van der Waals surface area contributed by atoms with E-state index in [1.54, 1.807) is 11.8 Å². The zero-order valence-electron chi connectivity index (χ0n) is 12.4. The van der Waals surface area contributed by atoms with E-state index in [9.17, 15) is 0 Å². The minimum Gasteiger partial charge on any atom is -0.333 e. The number of nitrogens with one attached hydrogen (secondary N) is 1. The van der Waals surface area contributed by atoms with Gasteiger partial charge >= 0.3 is 0 Å². The molecule has 0 bridgehead atoms. The molecule has 0 spiro atoms. The highest BCUT2D eigenvalue weighted by atomic mass is 32.2. The summed E-state index contributed by atoms with van der Waals surface area (Å²) in [6.07, 6.45) is 6.88. The maximum Gasteiger partial charge on any atom is 0.166 e. The molecule has 0 saturated heterocycles. The first-order valence-electron chi connectivity index (χ1n) is 7.01. The van der Waals surface area contributed by atoms with Gasteiger partial charge in [0.05, 0.1) is 11.0 Å². The van der Waals surface area contributed by atoms with Crippen LogP contribution in [-0.4, -0.2) is 15.7 Å². The van der Waals surface area contributed by atoms with Crippen LogP contribution in [0.4, 0.5) is 0 Å². The van der Waals surface area contributed by atoms with Gasteiger partial charge in [-0.2, -0.15) is 0 Å². The summed E-state index contributed by atoms with van der Waals surface area (Å²) >= 11 is 1.76. The fourth-order valence-electron chi connectivity index (χ4n) is 1.95. The van der Waals surface area contributed by atoms with Gasteiger partial charge in [-0.15, -0.1) is 0 Å². The molecule has 0 amide bonds. The third-order valence-corrected chi connectivity index (χ3v) is 3.91. The van der Waals surface area contributed by atoms with Crippen LogP contribution in [0, 0.1) is 0 Å². The molecule has 2 aromatic rings. The Morgan fingerprint density at radius 1 is 1.20 bits per heavy atom. The number of benzene rings is 1. The minimum atomic E-state index is 0.973. The van der Waals surface area contributed by atoms with Crippen molar-refractivity contribution in [3.8, 4) is 0 Å². The van der Waals surface area contributed by atoms with Crippen molar-refractivity contribution in [3.05, 3.63) is 47.6 Å². The molecule has 0 fully saturated rings. The summed E-state index contributed by atoms with van der Waals surface area (Å²) in [6.45, 7) is 6.50. The van der Waals surface area contributed by atoms with Crippen LogP contribution in [0.15, 0.2) is 52.7 Å². The lowest BCUT2D eigenvalue weighted by Gasteiger charge is -1.98. The molecule has 20 heavy (non-hydrogen) atoms. The van der Waals surface area contributed by atoms with Crippen LogP contribution in [0.25, 0.3) is 11.0 Å². The molecule has 106 valence electrons. The summed E-state index contributed by atoms with van der Waals surface area (Å²) in [7, 11) is 0. The Kier molecular flexibility index (Phi) is 5.48. The molecule has 0 radical (unpaired) electrons. The van der Waals surface area contributed by atoms with Crippen LogP contribution in [0.2, 0.25) is 0 Å². The van der Waals surface area contributed by atoms with Crippen molar-refractivity contribution in [3.63, 3.8) is 0 Å². The van der Waals surface area contributed by atoms with Crippen LogP contribution < -0.4 is 0 Å².